The molecule has 162 valence electrons. The van der Waals surface area contributed by atoms with Crippen LogP contribution in [-0.2, 0) is 6.54 Å². The maximum absolute atomic E-state index is 14.6. The summed E-state index contributed by atoms with van der Waals surface area (Å²) in [6.07, 6.45) is 1.21. The summed E-state index contributed by atoms with van der Waals surface area (Å²) in [6, 6.07) is 10.2. The Morgan fingerprint density at radius 2 is 2.03 bits per heavy atom. The van der Waals surface area contributed by atoms with Gasteiger partial charge in [-0.2, -0.15) is 0 Å². The summed E-state index contributed by atoms with van der Waals surface area (Å²) in [5.74, 6) is -1.09. The van der Waals surface area contributed by atoms with Crippen LogP contribution < -0.4 is 4.74 Å². The molecule has 0 bridgehead atoms. The molecule has 1 aliphatic heterocycles. The first-order valence-corrected chi connectivity index (χ1v) is 9.85. The molecule has 31 heavy (non-hydrogen) atoms. The average molecular weight is 429 g/mol. The summed E-state index contributed by atoms with van der Waals surface area (Å²) in [7, 11) is 0. The lowest BCUT2D eigenvalue weighted by Crippen LogP contribution is -2.29. The van der Waals surface area contributed by atoms with Crippen molar-refractivity contribution in [2.45, 2.75) is 25.0 Å². The van der Waals surface area contributed by atoms with Crippen LogP contribution in [0.1, 0.15) is 28.3 Å². The normalized spacial score (nSPS) is 17.0. The lowest BCUT2D eigenvalue weighted by atomic mass is 9.98. The van der Waals surface area contributed by atoms with Gasteiger partial charge in [-0.05, 0) is 46.7 Å². The molecular weight excluding hydrogens is 408 g/mol. The number of aromatic nitrogens is 4. The molecule has 1 N–H and O–H groups in total. The summed E-state index contributed by atoms with van der Waals surface area (Å²) in [5.41, 5.74) is 0.919. The van der Waals surface area contributed by atoms with Crippen molar-refractivity contribution in [1.29, 1.82) is 0 Å². The van der Waals surface area contributed by atoms with Gasteiger partial charge in [0.25, 0.3) is 5.91 Å². The van der Waals surface area contributed by atoms with E-state index in [1.165, 1.54) is 35.3 Å². The smallest absolute Gasteiger partial charge is 0.256 e. The first-order chi connectivity index (χ1) is 15.0. The molecule has 1 amide bonds. The molecule has 2 heterocycles. The molecule has 1 aliphatic rings. The standard InChI is InChI=1S/C21H21F2N5O3/c22-16-3-1-14(2-4-16)15-7-8-27(10-15)21(30)19-6-5-18(9-20(19)23)31-12-17(29)11-28-13-24-25-26-28/h1-6,9,13,15,17,29H,7-8,10-12H2/t15-,17?/m0/s1. The van der Waals surface area contributed by atoms with E-state index in [1.807, 2.05) is 0 Å². The number of carbonyl (C=O) groups is 1. The Bertz CT molecular complexity index is 1030. The van der Waals surface area contributed by atoms with E-state index in [2.05, 4.69) is 15.5 Å². The van der Waals surface area contributed by atoms with E-state index in [4.69, 9.17) is 4.74 Å². The minimum absolute atomic E-state index is 0.0404. The van der Waals surface area contributed by atoms with Gasteiger partial charge >= 0.3 is 0 Å². The van der Waals surface area contributed by atoms with Gasteiger partial charge in [0.15, 0.2) is 0 Å². The van der Waals surface area contributed by atoms with Crippen molar-refractivity contribution >= 4 is 5.91 Å². The van der Waals surface area contributed by atoms with Crippen molar-refractivity contribution in [1.82, 2.24) is 25.1 Å². The fraction of sp³-hybridized carbons (Fsp3) is 0.333. The third-order valence-electron chi connectivity index (χ3n) is 5.22. The van der Waals surface area contributed by atoms with Gasteiger partial charge in [-0.15, -0.1) is 5.10 Å². The van der Waals surface area contributed by atoms with Crippen molar-refractivity contribution in [2.24, 2.45) is 0 Å². The van der Waals surface area contributed by atoms with Crippen molar-refractivity contribution in [3.63, 3.8) is 0 Å². The van der Waals surface area contributed by atoms with Gasteiger partial charge in [-0.1, -0.05) is 12.1 Å². The fourth-order valence-corrected chi connectivity index (χ4v) is 3.61. The Morgan fingerprint density at radius 1 is 1.23 bits per heavy atom. The zero-order chi connectivity index (χ0) is 21.8. The summed E-state index contributed by atoms with van der Waals surface area (Å²) < 4.78 is 34.5. The maximum atomic E-state index is 14.6. The summed E-state index contributed by atoms with van der Waals surface area (Å²) in [4.78, 5) is 14.4. The minimum atomic E-state index is -0.888. The van der Waals surface area contributed by atoms with E-state index in [9.17, 15) is 18.7 Å². The second kappa shape index (κ2) is 9.17. The van der Waals surface area contributed by atoms with Crippen LogP contribution in [0.25, 0.3) is 0 Å². The number of benzene rings is 2. The molecule has 3 aromatic rings. The zero-order valence-electron chi connectivity index (χ0n) is 16.6. The van der Waals surface area contributed by atoms with Crippen molar-refractivity contribution in [2.75, 3.05) is 19.7 Å². The lowest BCUT2D eigenvalue weighted by Gasteiger charge is -2.18. The van der Waals surface area contributed by atoms with Crippen LogP contribution in [0.4, 0.5) is 8.78 Å². The number of ether oxygens (including phenoxy) is 1. The third kappa shape index (κ3) is 5.02. The Labute approximate surface area is 177 Å². The molecule has 0 aliphatic carbocycles. The second-order valence-corrected chi connectivity index (χ2v) is 7.43. The van der Waals surface area contributed by atoms with Crippen LogP contribution in [0.2, 0.25) is 0 Å². The van der Waals surface area contributed by atoms with E-state index in [1.54, 1.807) is 17.0 Å². The molecule has 4 rings (SSSR count). The molecule has 1 fully saturated rings. The lowest BCUT2D eigenvalue weighted by molar-refractivity contribution is 0.0784. The minimum Gasteiger partial charge on any atom is -0.491 e. The number of aliphatic hydroxyl groups is 1. The topological polar surface area (TPSA) is 93.4 Å². The molecule has 1 saturated heterocycles. The molecule has 1 aromatic heterocycles. The monoisotopic (exact) mass is 429 g/mol. The number of carbonyl (C=O) groups excluding carboxylic acids is 1. The van der Waals surface area contributed by atoms with Gasteiger partial charge in [-0.3, -0.25) is 4.79 Å². The summed E-state index contributed by atoms with van der Waals surface area (Å²) in [6.45, 7) is 1.00. The van der Waals surface area contributed by atoms with Gasteiger partial charge in [0.1, 0.15) is 36.4 Å². The third-order valence-corrected chi connectivity index (χ3v) is 5.22. The van der Waals surface area contributed by atoms with Gasteiger partial charge < -0.3 is 14.7 Å². The Hall–Kier alpha value is -3.40. The molecule has 8 nitrogen and oxygen atoms in total. The number of tetrazole rings is 1. The second-order valence-electron chi connectivity index (χ2n) is 7.43. The fourth-order valence-electron chi connectivity index (χ4n) is 3.61. The van der Waals surface area contributed by atoms with Crippen LogP contribution in [0.15, 0.2) is 48.8 Å². The summed E-state index contributed by atoms with van der Waals surface area (Å²) >= 11 is 0. The quantitative estimate of drug-likeness (QED) is 0.618. The van der Waals surface area contributed by atoms with Crippen molar-refractivity contribution in [3.8, 4) is 5.75 Å². The molecule has 10 heteroatoms. The van der Waals surface area contributed by atoms with E-state index in [0.29, 0.717) is 13.1 Å². The van der Waals surface area contributed by atoms with Crippen LogP contribution >= 0.6 is 0 Å². The number of likely N-dealkylation sites (tertiary alicyclic amines) is 1. The molecule has 1 unspecified atom stereocenters. The zero-order valence-corrected chi connectivity index (χ0v) is 16.6. The van der Waals surface area contributed by atoms with Gasteiger partial charge in [-0.25, -0.2) is 13.5 Å². The highest BCUT2D eigenvalue weighted by Gasteiger charge is 2.29. The van der Waals surface area contributed by atoms with E-state index in [-0.39, 0.29) is 36.2 Å². The summed E-state index contributed by atoms with van der Waals surface area (Å²) in [5, 5.41) is 20.5. The average Bonchev–Trinajstić information content (AvgIpc) is 3.45. The number of hydrogen-bond acceptors (Lipinski definition) is 6. The van der Waals surface area contributed by atoms with Gasteiger partial charge in [0, 0.05) is 25.1 Å². The van der Waals surface area contributed by atoms with Gasteiger partial charge in [0.2, 0.25) is 0 Å². The maximum Gasteiger partial charge on any atom is 0.256 e. The number of halogens is 2. The number of aliphatic hydroxyl groups excluding tert-OH is 1. The SMILES string of the molecule is O=C(c1ccc(OCC(O)Cn2cnnn2)cc1F)N1CC[C@H](c2ccc(F)cc2)C1. The Morgan fingerprint density at radius 3 is 2.74 bits per heavy atom. The largest absolute Gasteiger partial charge is 0.491 e. The molecular formula is C21H21F2N5O3. The molecule has 0 saturated carbocycles. The van der Waals surface area contributed by atoms with Crippen LogP contribution in [0.3, 0.4) is 0 Å². The molecule has 2 aromatic carbocycles. The van der Waals surface area contributed by atoms with E-state index >= 15 is 0 Å². The highest BCUT2D eigenvalue weighted by molar-refractivity contribution is 5.94. The van der Waals surface area contributed by atoms with E-state index in [0.717, 1.165) is 18.1 Å². The molecule has 0 radical (unpaired) electrons. The first-order valence-electron chi connectivity index (χ1n) is 9.85. The first kappa shape index (κ1) is 20.9. The highest BCUT2D eigenvalue weighted by atomic mass is 19.1. The van der Waals surface area contributed by atoms with E-state index < -0.39 is 17.8 Å². The highest BCUT2D eigenvalue weighted by Crippen LogP contribution is 2.29. The number of hydrogen-bond donors (Lipinski definition) is 1. The number of nitrogens with zero attached hydrogens (tertiary/aromatic N) is 5. The molecule has 2 atom stereocenters. The van der Waals surface area contributed by atoms with Crippen molar-refractivity contribution in [3.05, 3.63) is 71.6 Å². The van der Waals surface area contributed by atoms with Gasteiger partial charge in [0.05, 0.1) is 12.1 Å². The number of amides is 1. The van der Waals surface area contributed by atoms with Crippen LogP contribution in [0.5, 0.6) is 5.75 Å². The Balaban J connectivity index is 1.34. The number of rotatable bonds is 7. The van der Waals surface area contributed by atoms with Crippen LogP contribution in [0, 0.1) is 11.6 Å². The predicted octanol–water partition coefficient (Wildman–Crippen LogP) is 2.02. The van der Waals surface area contributed by atoms with Crippen molar-refractivity contribution < 1.29 is 23.4 Å². The predicted molar refractivity (Wildman–Crippen MR) is 105 cm³/mol. The van der Waals surface area contributed by atoms with Crippen LogP contribution in [-0.4, -0.2) is 61.9 Å². The molecule has 0 spiro atoms. The Kier molecular flexibility index (Phi) is 6.17.